The van der Waals surface area contributed by atoms with E-state index in [2.05, 4.69) is 26.1 Å². The van der Waals surface area contributed by atoms with Crippen LogP contribution in [0, 0.1) is 5.92 Å². The minimum Gasteiger partial charge on any atom is -0.338 e. The minimum atomic E-state index is 0.0970. The van der Waals surface area contributed by atoms with E-state index in [1.807, 2.05) is 11.8 Å². The molecule has 0 aromatic heterocycles. The molecule has 2 amide bonds. The molecule has 18 heavy (non-hydrogen) atoms. The molecule has 0 aliphatic heterocycles. The zero-order valence-corrected chi connectivity index (χ0v) is 12.8. The fraction of sp³-hybridized carbons (Fsp3) is 0.933. The number of hydrogen-bond acceptors (Lipinski definition) is 1. The number of nitrogens with one attached hydrogen (secondary N) is 1. The number of rotatable bonds is 10. The first kappa shape index (κ1) is 17.3. The number of carbonyl (C=O) groups excluding carboxylic acids is 1. The molecule has 108 valence electrons. The highest BCUT2D eigenvalue weighted by Crippen LogP contribution is 2.07. The van der Waals surface area contributed by atoms with Crippen LogP contribution in [-0.2, 0) is 0 Å². The molecule has 0 saturated carbocycles. The Morgan fingerprint density at radius 3 is 2.22 bits per heavy atom. The monoisotopic (exact) mass is 256 g/mol. The zero-order chi connectivity index (χ0) is 13.8. The van der Waals surface area contributed by atoms with Crippen molar-refractivity contribution in [2.45, 2.75) is 66.2 Å². The Balaban J connectivity index is 3.82. The lowest BCUT2D eigenvalue weighted by Gasteiger charge is -2.24. The highest BCUT2D eigenvalue weighted by Gasteiger charge is 2.13. The van der Waals surface area contributed by atoms with E-state index in [4.69, 9.17) is 0 Å². The molecule has 3 heteroatoms. The summed E-state index contributed by atoms with van der Waals surface area (Å²) >= 11 is 0. The van der Waals surface area contributed by atoms with Crippen LogP contribution in [0.3, 0.4) is 0 Å². The third-order valence-corrected chi connectivity index (χ3v) is 2.98. The second-order valence-electron chi connectivity index (χ2n) is 5.44. The first-order chi connectivity index (χ1) is 8.61. The lowest BCUT2D eigenvalue weighted by atomic mass is 10.1. The van der Waals surface area contributed by atoms with Gasteiger partial charge < -0.3 is 10.2 Å². The maximum Gasteiger partial charge on any atom is 0.317 e. The predicted molar refractivity (Wildman–Crippen MR) is 78.9 cm³/mol. The van der Waals surface area contributed by atoms with Gasteiger partial charge >= 0.3 is 6.03 Å². The minimum absolute atomic E-state index is 0.0970. The third kappa shape index (κ3) is 9.32. The molecule has 0 aromatic rings. The van der Waals surface area contributed by atoms with Crippen molar-refractivity contribution in [3.8, 4) is 0 Å². The number of urea groups is 1. The highest BCUT2D eigenvalue weighted by atomic mass is 16.2. The van der Waals surface area contributed by atoms with Gasteiger partial charge in [-0.1, -0.05) is 52.9 Å². The normalized spacial score (nSPS) is 10.7. The molecule has 0 bridgehead atoms. The van der Waals surface area contributed by atoms with Gasteiger partial charge in [-0.25, -0.2) is 4.79 Å². The van der Waals surface area contributed by atoms with Crippen molar-refractivity contribution in [1.82, 2.24) is 10.2 Å². The van der Waals surface area contributed by atoms with Crippen LogP contribution >= 0.6 is 0 Å². The summed E-state index contributed by atoms with van der Waals surface area (Å²) in [5.74, 6) is 0.535. The summed E-state index contributed by atoms with van der Waals surface area (Å²) < 4.78 is 0. The van der Waals surface area contributed by atoms with Crippen molar-refractivity contribution < 1.29 is 4.79 Å². The molecule has 0 heterocycles. The first-order valence-electron chi connectivity index (χ1n) is 7.64. The molecular weight excluding hydrogens is 224 g/mol. The van der Waals surface area contributed by atoms with Crippen molar-refractivity contribution in [2.24, 2.45) is 5.92 Å². The molecular formula is C15H32N2O. The SMILES string of the molecule is CCCCCCCCN(CC(C)C)C(=O)NCC. The van der Waals surface area contributed by atoms with E-state index in [1.165, 1.54) is 32.1 Å². The van der Waals surface area contributed by atoms with Gasteiger partial charge in [0.1, 0.15) is 0 Å². The van der Waals surface area contributed by atoms with Crippen LogP contribution in [0.25, 0.3) is 0 Å². The summed E-state index contributed by atoms with van der Waals surface area (Å²) in [5.41, 5.74) is 0. The Bertz CT molecular complexity index is 205. The van der Waals surface area contributed by atoms with Crippen LogP contribution in [0.5, 0.6) is 0 Å². The van der Waals surface area contributed by atoms with Gasteiger partial charge in [0.15, 0.2) is 0 Å². The number of amides is 2. The molecule has 0 saturated heterocycles. The Morgan fingerprint density at radius 2 is 1.67 bits per heavy atom. The Labute approximate surface area is 113 Å². The van der Waals surface area contributed by atoms with Crippen molar-refractivity contribution in [3.05, 3.63) is 0 Å². The van der Waals surface area contributed by atoms with E-state index < -0.39 is 0 Å². The number of carbonyl (C=O) groups is 1. The second kappa shape index (κ2) is 11.4. The number of unbranched alkanes of at least 4 members (excludes halogenated alkanes) is 5. The summed E-state index contributed by atoms with van der Waals surface area (Å²) in [4.78, 5) is 13.8. The molecule has 0 aromatic carbocycles. The van der Waals surface area contributed by atoms with Crippen LogP contribution in [-0.4, -0.2) is 30.6 Å². The van der Waals surface area contributed by atoms with E-state index in [-0.39, 0.29) is 6.03 Å². The van der Waals surface area contributed by atoms with E-state index in [0.29, 0.717) is 12.5 Å². The quantitative estimate of drug-likeness (QED) is 0.588. The van der Waals surface area contributed by atoms with E-state index in [9.17, 15) is 4.79 Å². The van der Waals surface area contributed by atoms with Crippen LogP contribution in [0.15, 0.2) is 0 Å². The maximum atomic E-state index is 11.9. The van der Waals surface area contributed by atoms with Crippen molar-refractivity contribution in [1.29, 1.82) is 0 Å². The smallest absolute Gasteiger partial charge is 0.317 e. The van der Waals surface area contributed by atoms with Crippen LogP contribution in [0.1, 0.15) is 66.2 Å². The molecule has 0 aliphatic carbocycles. The highest BCUT2D eigenvalue weighted by molar-refractivity contribution is 5.74. The lowest BCUT2D eigenvalue weighted by molar-refractivity contribution is 0.190. The van der Waals surface area contributed by atoms with E-state index >= 15 is 0 Å². The lowest BCUT2D eigenvalue weighted by Crippen LogP contribution is -2.42. The largest absolute Gasteiger partial charge is 0.338 e. The van der Waals surface area contributed by atoms with Gasteiger partial charge in [-0.05, 0) is 19.3 Å². The zero-order valence-electron chi connectivity index (χ0n) is 12.8. The summed E-state index contributed by atoms with van der Waals surface area (Å²) in [7, 11) is 0. The van der Waals surface area contributed by atoms with Crippen molar-refractivity contribution in [2.75, 3.05) is 19.6 Å². The summed E-state index contributed by atoms with van der Waals surface area (Å²) in [6.45, 7) is 11.0. The van der Waals surface area contributed by atoms with Gasteiger partial charge in [0.2, 0.25) is 0 Å². The van der Waals surface area contributed by atoms with E-state index in [1.54, 1.807) is 0 Å². The van der Waals surface area contributed by atoms with Crippen molar-refractivity contribution >= 4 is 6.03 Å². The van der Waals surface area contributed by atoms with Crippen LogP contribution < -0.4 is 5.32 Å². The molecule has 0 unspecified atom stereocenters. The molecule has 1 N–H and O–H groups in total. The third-order valence-electron chi connectivity index (χ3n) is 2.98. The summed E-state index contributed by atoms with van der Waals surface area (Å²) in [6, 6.07) is 0.0970. The number of hydrogen-bond donors (Lipinski definition) is 1. The molecule has 0 fully saturated rings. The molecule has 3 nitrogen and oxygen atoms in total. The van der Waals surface area contributed by atoms with Gasteiger partial charge in [-0.15, -0.1) is 0 Å². The fourth-order valence-electron chi connectivity index (χ4n) is 2.06. The second-order valence-corrected chi connectivity index (χ2v) is 5.44. The summed E-state index contributed by atoms with van der Waals surface area (Å²) in [6.07, 6.45) is 7.65. The molecule has 0 radical (unpaired) electrons. The maximum absolute atomic E-state index is 11.9. The Morgan fingerprint density at radius 1 is 1.06 bits per heavy atom. The van der Waals surface area contributed by atoms with Gasteiger partial charge in [0.05, 0.1) is 0 Å². The average Bonchev–Trinajstić information content (AvgIpc) is 2.32. The summed E-state index contributed by atoms with van der Waals surface area (Å²) in [5, 5.41) is 2.90. The average molecular weight is 256 g/mol. The van der Waals surface area contributed by atoms with Gasteiger partial charge in [-0.3, -0.25) is 0 Å². The van der Waals surface area contributed by atoms with Gasteiger partial charge in [0, 0.05) is 19.6 Å². The fourth-order valence-corrected chi connectivity index (χ4v) is 2.06. The van der Waals surface area contributed by atoms with Gasteiger partial charge in [-0.2, -0.15) is 0 Å². The standard InChI is InChI=1S/C15H32N2O/c1-5-7-8-9-10-11-12-17(13-14(3)4)15(18)16-6-2/h14H,5-13H2,1-4H3,(H,16,18). The predicted octanol–water partition coefficient (Wildman–Crippen LogP) is 4.03. The molecule has 0 spiro atoms. The van der Waals surface area contributed by atoms with E-state index in [0.717, 1.165) is 19.5 Å². The molecule has 0 rings (SSSR count). The van der Waals surface area contributed by atoms with Gasteiger partial charge in [0.25, 0.3) is 0 Å². The Hall–Kier alpha value is -0.730. The van der Waals surface area contributed by atoms with Crippen LogP contribution in [0.4, 0.5) is 4.79 Å². The topological polar surface area (TPSA) is 32.3 Å². The van der Waals surface area contributed by atoms with Crippen molar-refractivity contribution in [3.63, 3.8) is 0 Å². The molecule has 0 atom stereocenters. The molecule has 0 aliphatic rings. The Kier molecular flexibility index (Phi) is 10.9. The first-order valence-corrected chi connectivity index (χ1v) is 7.64. The number of nitrogens with zero attached hydrogens (tertiary/aromatic N) is 1. The van der Waals surface area contributed by atoms with Crippen LogP contribution in [0.2, 0.25) is 0 Å².